The molecule has 0 aromatic rings. The van der Waals surface area contributed by atoms with Crippen molar-refractivity contribution in [3.63, 3.8) is 0 Å². The predicted molar refractivity (Wildman–Crippen MR) is 62.0 cm³/mol. The van der Waals surface area contributed by atoms with E-state index in [-0.39, 0.29) is 5.78 Å². The SMILES string of the molecule is CCCOC1=CCC(Cl)(CC(C)=O)C=C1. The Morgan fingerprint density at radius 1 is 1.67 bits per heavy atom. The first kappa shape index (κ1) is 12.3. The van der Waals surface area contributed by atoms with Gasteiger partial charge in [0.15, 0.2) is 0 Å². The van der Waals surface area contributed by atoms with E-state index in [9.17, 15) is 4.79 Å². The van der Waals surface area contributed by atoms with Crippen LogP contribution in [0.25, 0.3) is 0 Å². The number of allylic oxidation sites excluding steroid dienone is 3. The van der Waals surface area contributed by atoms with Crippen molar-refractivity contribution in [2.24, 2.45) is 0 Å². The Labute approximate surface area is 95.9 Å². The van der Waals surface area contributed by atoms with E-state index in [4.69, 9.17) is 16.3 Å². The molecule has 1 atom stereocenters. The molecule has 0 amide bonds. The number of rotatable bonds is 5. The summed E-state index contributed by atoms with van der Waals surface area (Å²) in [5.41, 5.74) is 0. The minimum absolute atomic E-state index is 0.112. The van der Waals surface area contributed by atoms with Crippen LogP contribution in [0.2, 0.25) is 0 Å². The molecule has 0 aromatic heterocycles. The smallest absolute Gasteiger partial charge is 0.131 e. The Morgan fingerprint density at radius 2 is 2.40 bits per heavy atom. The third-order valence-electron chi connectivity index (χ3n) is 2.20. The summed E-state index contributed by atoms with van der Waals surface area (Å²) in [6, 6.07) is 0. The van der Waals surface area contributed by atoms with Gasteiger partial charge in [-0.3, -0.25) is 4.79 Å². The van der Waals surface area contributed by atoms with E-state index in [2.05, 4.69) is 6.92 Å². The lowest BCUT2D eigenvalue weighted by Gasteiger charge is -2.24. The van der Waals surface area contributed by atoms with Crippen molar-refractivity contribution in [1.29, 1.82) is 0 Å². The molecular formula is C12H17ClO2. The summed E-state index contributed by atoms with van der Waals surface area (Å²) in [5.74, 6) is 0.970. The highest BCUT2D eigenvalue weighted by Crippen LogP contribution is 2.31. The highest BCUT2D eigenvalue weighted by atomic mass is 35.5. The molecule has 15 heavy (non-hydrogen) atoms. The van der Waals surface area contributed by atoms with Crippen molar-refractivity contribution in [3.8, 4) is 0 Å². The number of ether oxygens (including phenoxy) is 1. The summed E-state index contributed by atoms with van der Waals surface area (Å²) >= 11 is 6.26. The molecule has 0 heterocycles. The maximum atomic E-state index is 11.0. The van der Waals surface area contributed by atoms with Gasteiger partial charge in [-0.1, -0.05) is 13.0 Å². The van der Waals surface area contributed by atoms with Gasteiger partial charge in [-0.15, -0.1) is 11.6 Å². The van der Waals surface area contributed by atoms with E-state index in [0.717, 1.165) is 18.8 Å². The average molecular weight is 229 g/mol. The number of ketones is 1. The van der Waals surface area contributed by atoms with Crippen LogP contribution in [0.3, 0.4) is 0 Å². The van der Waals surface area contributed by atoms with Crippen LogP contribution in [0, 0.1) is 0 Å². The topological polar surface area (TPSA) is 26.3 Å². The monoisotopic (exact) mass is 228 g/mol. The first-order chi connectivity index (χ1) is 7.06. The third kappa shape index (κ3) is 4.08. The van der Waals surface area contributed by atoms with Crippen LogP contribution in [-0.2, 0) is 9.53 Å². The van der Waals surface area contributed by atoms with E-state index in [1.54, 1.807) is 6.92 Å². The lowest BCUT2D eigenvalue weighted by Crippen LogP contribution is -2.23. The lowest BCUT2D eigenvalue weighted by molar-refractivity contribution is -0.117. The van der Waals surface area contributed by atoms with E-state index < -0.39 is 4.87 Å². The van der Waals surface area contributed by atoms with Crippen molar-refractivity contribution in [2.45, 2.75) is 38.0 Å². The summed E-state index contributed by atoms with van der Waals surface area (Å²) in [5, 5.41) is 0. The molecule has 3 heteroatoms. The molecule has 0 saturated carbocycles. The van der Waals surface area contributed by atoms with Gasteiger partial charge in [0.2, 0.25) is 0 Å². The quantitative estimate of drug-likeness (QED) is 0.676. The molecule has 0 aromatic carbocycles. The Bertz CT molecular complexity index is 294. The van der Waals surface area contributed by atoms with E-state index in [1.165, 1.54) is 0 Å². The van der Waals surface area contributed by atoms with Crippen LogP contribution >= 0.6 is 11.6 Å². The molecule has 84 valence electrons. The second-order valence-corrected chi connectivity index (χ2v) is 4.66. The summed E-state index contributed by atoms with van der Waals surface area (Å²) < 4.78 is 5.46. The van der Waals surface area contributed by atoms with Gasteiger partial charge in [-0.05, 0) is 31.9 Å². The van der Waals surface area contributed by atoms with Crippen molar-refractivity contribution < 1.29 is 9.53 Å². The molecule has 1 aliphatic rings. The molecule has 1 rings (SSSR count). The van der Waals surface area contributed by atoms with Crippen LogP contribution in [0.1, 0.15) is 33.1 Å². The van der Waals surface area contributed by atoms with Crippen molar-refractivity contribution in [1.82, 2.24) is 0 Å². The Kier molecular flexibility index (Phi) is 4.40. The number of carbonyl (C=O) groups is 1. The summed E-state index contributed by atoms with van der Waals surface area (Å²) in [4.78, 5) is 10.5. The van der Waals surface area contributed by atoms with Crippen molar-refractivity contribution >= 4 is 17.4 Å². The summed E-state index contributed by atoms with van der Waals surface area (Å²) in [6.07, 6.45) is 7.69. The van der Waals surface area contributed by atoms with Crippen molar-refractivity contribution in [3.05, 3.63) is 24.0 Å². The molecule has 0 spiro atoms. The fourth-order valence-corrected chi connectivity index (χ4v) is 1.84. The largest absolute Gasteiger partial charge is 0.494 e. The van der Waals surface area contributed by atoms with Gasteiger partial charge in [-0.2, -0.15) is 0 Å². The Hall–Kier alpha value is -0.760. The molecule has 2 nitrogen and oxygen atoms in total. The Morgan fingerprint density at radius 3 is 2.87 bits per heavy atom. The number of hydrogen-bond acceptors (Lipinski definition) is 2. The number of carbonyl (C=O) groups excluding carboxylic acids is 1. The summed E-state index contributed by atoms with van der Waals surface area (Å²) in [6.45, 7) is 4.34. The van der Waals surface area contributed by atoms with Gasteiger partial charge < -0.3 is 4.74 Å². The molecule has 0 saturated heterocycles. The molecule has 0 radical (unpaired) electrons. The highest BCUT2D eigenvalue weighted by Gasteiger charge is 2.27. The van der Waals surface area contributed by atoms with Crippen LogP contribution < -0.4 is 0 Å². The maximum Gasteiger partial charge on any atom is 0.131 e. The van der Waals surface area contributed by atoms with Gasteiger partial charge in [0, 0.05) is 6.42 Å². The van der Waals surface area contributed by atoms with Gasteiger partial charge in [0.05, 0.1) is 11.5 Å². The van der Waals surface area contributed by atoms with Gasteiger partial charge >= 0.3 is 0 Å². The Balaban J connectivity index is 2.50. The average Bonchev–Trinajstić information content (AvgIpc) is 2.15. The van der Waals surface area contributed by atoms with Crippen LogP contribution in [0.5, 0.6) is 0 Å². The maximum absolute atomic E-state index is 11.0. The molecule has 1 aliphatic carbocycles. The van der Waals surface area contributed by atoms with Gasteiger partial charge in [0.1, 0.15) is 11.5 Å². The van der Waals surface area contributed by atoms with E-state index in [0.29, 0.717) is 12.8 Å². The minimum Gasteiger partial charge on any atom is -0.494 e. The molecule has 0 aliphatic heterocycles. The minimum atomic E-state index is -0.537. The molecule has 1 unspecified atom stereocenters. The zero-order chi connectivity index (χ0) is 11.3. The van der Waals surface area contributed by atoms with Crippen molar-refractivity contribution in [2.75, 3.05) is 6.61 Å². The number of Topliss-reactive ketones (excluding diaryl/α,β-unsaturated/α-hetero) is 1. The van der Waals surface area contributed by atoms with E-state index in [1.807, 2.05) is 18.2 Å². The second-order valence-electron chi connectivity index (χ2n) is 3.91. The number of halogens is 1. The number of alkyl halides is 1. The van der Waals surface area contributed by atoms with Crippen LogP contribution in [0.15, 0.2) is 24.0 Å². The van der Waals surface area contributed by atoms with Gasteiger partial charge in [0.25, 0.3) is 0 Å². The van der Waals surface area contributed by atoms with Crippen LogP contribution in [0.4, 0.5) is 0 Å². The zero-order valence-electron chi connectivity index (χ0n) is 9.25. The molecular weight excluding hydrogens is 212 g/mol. The normalized spacial score (nSPS) is 24.9. The van der Waals surface area contributed by atoms with Crippen LogP contribution in [-0.4, -0.2) is 17.3 Å². The third-order valence-corrected chi connectivity index (χ3v) is 2.62. The fourth-order valence-electron chi connectivity index (χ4n) is 1.51. The predicted octanol–water partition coefficient (Wildman–Crippen LogP) is 3.21. The molecule has 0 N–H and O–H groups in total. The molecule has 0 fully saturated rings. The summed E-state index contributed by atoms with van der Waals surface area (Å²) in [7, 11) is 0. The standard InChI is InChI=1S/C12H17ClO2/c1-3-8-15-11-4-6-12(13,7-5-11)9-10(2)14/h4-6H,3,7-9H2,1-2H3. The zero-order valence-corrected chi connectivity index (χ0v) is 10.0. The first-order valence-electron chi connectivity index (χ1n) is 5.26. The molecule has 0 bridgehead atoms. The highest BCUT2D eigenvalue weighted by molar-refractivity contribution is 6.26. The fraction of sp³-hybridized carbons (Fsp3) is 0.583. The van der Waals surface area contributed by atoms with Gasteiger partial charge in [-0.25, -0.2) is 0 Å². The lowest BCUT2D eigenvalue weighted by atomic mass is 9.94. The van der Waals surface area contributed by atoms with E-state index >= 15 is 0 Å². The number of hydrogen-bond donors (Lipinski definition) is 0. The second kappa shape index (κ2) is 5.36. The first-order valence-corrected chi connectivity index (χ1v) is 5.64.